The van der Waals surface area contributed by atoms with E-state index in [0.717, 1.165) is 16.7 Å². The van der Waals surface area contributed by atoms with Gasteiger partial charge in [-0.25, -0.2) is 4.79 Å². The fraction of sp³-hybridized carbons (Fsp3) is 0.190. The lowest BCUT2D eigenvalue weighted by atomic mass is 10.1. The fourth-order valence-electron chi connectivity index (χ4n) is 3.04. The van der Waals surface area contributed by atoms with Crippen LogP contribution in [-0.2, 0) is 16.2 Å². The van der Waals surface area contributed by atoms with E-state index >= 15 is 0 Å². The molecule has 0 aromatic heterocycles. The number of aryl methyl sites for hydroxylation is 2. The van der Waals surface area contributed by atoms with Crippen molar-refractivity contribution in [3.05, 3.63) is 62.6 Å². The number of amides is 4. The number of nitrogens with one attached hydrogen (secondary N) is 2. The van der Waals surface area contributed by atoms with E-state index in [1.54, 1.807) is 12.1 Å². The Morgan fingerprint density at radius 2 is 1.59 bits per heavy atom. The molecule has 0 spiro atoms. The summed E-state index contributed by atoms with van der Waals surface area (Å²) in [4.78, 5) is 35.0. The zero-order chi connectivity index (χ0) is 21.1. The minimum absolute atomic E-state index is 0.178. The number of imide groups is 2. The Morgan fingerprint density at radius 3 is 2.17 bits per heavy atom. The molecule has 3 rings (SSSR count). The van der Waals surface area contributed by atoms with Crippen molar-refractivity contribution in [3.63, 3.8) is 0 Å². The summed E-state index contributed by atoms with van der Waals surface area (Å²) < 4.78 is 12.0. The SMILES string of the molecule is COc1cc(C=C2C(=O)NC(=O)NC2=O)cc(Br)c1OCc1cc(C)cc(C)c1. The molecule has 2 N–H and O–H groups in total. The van der Waals surface area contributed by atoms with Crippen LogP contribution in [0.1, 0.15) is 22.3 Å². The third kappa shape index (κ3) is 4.83. The standard InChI is InChI=1S/C21H19BrN2O5/c1-11-4-12(2)6-14(5-11)10-29-18-16(22)8-13(9-17(18)28-3)7-15-19(25)23-21(27)24-20(15)26/h4-9H,10H2,1-3H3,(H2,23,24,25,26,27). The second-order valence-electron chi connectivity index (χ2n) is 6.61. The van der Waals surface area contributed by atoms with E-state index < -0.39 is 17.8 Å². The second-order valence-corrected chi connectivity index (χ2v) is 7.47. The molecule has 1 aliphatic rings. The summed E-state index contributed by atoms with van der Waals surface area (Å²) in [6.07, 6.45) is 1.37. The van der Waals surface area contributed by atoms with Crippen molar-refractivity contribution in [2.75, 3.05) is 7.11 Å². The molecule has 0 unspecified atom stereocenters. The molecule has 0 atom stereocenters. The van der Waals surface area contributed by atoms with E-state index in [0.29, 0.717) is 28.1 Å². The molecule has 1 fully saturated rings. The molecule has 0 saturated carbocycles. The lowest BCUT2D eigenvalue weighted by molar-refractivity contribution is -0.123. The van der Waals surface area contributed by atoms with E-state index in [-0.39, 0.29) is 5.57 Å². The second kappa shape index (κ2) is 8.48. The number of halogens is 1. The molecular formula is C21H19BrN2O5. The molecular weight excluding hydrogens is 440 g/mol. The van der Waals surface area contributed by atoms with Gasteiger partial charge in [-0.3, -0.25) is 20.2 Å². The predicted molar refractivity (Wildman–Crippen MR) is 111 cm³/mol. The van der Waals surface area contributed by atoms with Crippen LogP contribution < -0.4 is 20.1 Å². The number of barbiturate groups is 1. The van der Waals surface area contributed by atoms with Gasteiger partial charge in [0.1, 0.15) is 12.2 Å². The van der Waals surface area contributed by atoms with Gasteiger partial charge in [0, 0.05) is 0 Å². The lowest BCUT2D eigenvalue weighted by Gasteiger charge is -2.16. The Hall–Kier alpha value is -3.13. The van der Waals surface area contributed by atoms with Crippen molar-refractivity contribution in [2.24, 2.45) is 0 Å². The molecule has 1 aliphatic heterocycles. The number of benzene rings is 2. The fourth-order valence-corrected chi connectivity index (χ4v) is 3.62. The minimum Gasteiger partial charge on any atom is -0.493 e. The molecule has 4 amide bonds. The Morgan fingerprint density at radius 1 is 0.966 bits per heavy atom. The summed E-state index contributed by atoms with van der Waals surface area (Å²) >= 11 is 3.46. The van der Waals surface area contributed by atoms with Gasteiger partial charge in [-0.2, -0.15) is 0 Å². The summed E-state index contributed by atoms with van der Waals surface area (Å²) in [5, 5.41) is 4.07. The number of hydrogen-bond acceptors (Lipinski definition) is 5. The van der Waals surface area contributed by atoms with Gasteiger partial charge in [0.05, 0.1) is 11.6 Å². The van der Waals surface area contributed by atoms with E-state index in [1.165, 1.54) is 13.2 Å². The largest absolute Gasteiger partial charge is 0.493 e. The summed E-state index contributed by atoms with van der Waals surface area (Å²) in [6.45, 7) is 4.41. The smallest absolute Gasteiger partial charge is 0.328 e. The first-order chi connectivity index (χ1) is 13.8. The van der Waals surface area contributed by atoms with Crippen LogP contribution in [0.4, 0.5) is 4.79 Å². The number of methoxy groups -OCH3 is 1. The maximum Gasteiger partial charge on any atom is 0.328 e. The van der Waals surface area contributed by atoms with E-state index in [9.17, 15) is 14.4 Å². The molecule has 0 radical (unpaired) electrons. The van der Waals surface area contributed by atoms with E-state index in [2.05, 4.69) is 22.0 Å². The zero-order valence-corrected chi connectivity index (χ0v) is 17.7. The van der Waals surface area contributed by atoms with Crippen LogP contribution in [0.2, 0.25) is 0 Å². The minimum atomic E-state index is -0.842. The highest BCUT2D eigenvalue weighted by atomic mass is 79.9. The average Bonchev–Trinajstić information content (AvgIpc) is 2.62. The highest BCUT2D eigenvalue weighted by Gasteiger charge is 2.27. The maximum absolute atomic E-state index is 11.9. The van der Waals surface area contributed by atoms with Gasteiger partial charge in [-0.05, 0) is 59.1 Å². The monoisotopic (exact) mass is 458 g/mol. The van der Waals surface area contributed by atoms with Gasteiger partial charge >= 0.3 is 6.03 Å². The third-order valence-electron chi connectivity index (χ3n) is 4.17. The van der Waals surface area contributed by atoms with Crippen LogP contribution in [0.5, 0.6) is 11.5 Å². The lowest BCUT2D eigenvalue weighted by Crippen LogP contribution is -2.51. The van der Waals surface area contributed by atoms with Crippen LogP contribution in [0.3, 0.4) is 0 Å². The molecule has 2 aromatic rings. The molecule has 8 heteroatoms. The number of carbonyl (C=O) groups is 3. The van der Waals surface area contributed by atoms with Gasteiger partial charge in [-0.1, -0.05) is 29.3 Å². The molecule has 7 nitrogen and oxygen atoms in total. The Kier molecular flexibility index (Phi) is 6.03. The number of carbonyl (C=O) groups excluding carboxylic acids is 3. The Bertz CT molecular complexity index is 1000. The summed E-state index contributed by atoms with van der Waals surface area (Å²) in [5.74, 6) is -0.585. The maximum atomic E-state index is 11.9. The summed E-state index contributed by atoms with van der Waals surface area (Å²) in [6, 6.07) is 8.69. The van der Waals surface area contributed by atoms with E-state index in [4.69, 9.17) is 9.47 Å². The van der Waals surface area contributed by atoms with Crippen LogP contribution >= 0.6 is 15.9 Å². The third-order valence-corrected chi connectivity index (χ3v) is 4.76. The Balaban J connectivity index is 1.87. The molecule has 29 heavy (non-hydrogen) atoms. The van der Waals surface area contributed by atoms with Crippen molar-refractivity contribution >= 4 is 39.9 Å². The number of ether oxygens (including phenoxy) is 2. The molecule has 2 aromatic carbocycles. The van der Waals surface area contributed by atoms with Gasteiger partial charge in [0.2, 0.25) is 0 Å². The van der Waals surface area contributed by atoms with Gasteiger partial charge < -0.3 is 9.47 Å². The first kappa shape index (κ1) is 20.6. The number of rotatable bonds is 5. The normalized spacial score (nSPS) is 13.7. The topological polar surface area (TPSA) is 93.7 Å². The summed E-state index contributed by atoms with van der Waals surface area (Å²) in [5.41, 5.74) is 3.69. The van der Waals surface area contributed by atoms with Crippen molar-refractivity contribution in [3.8, 4) is 11.5 Å². The number of hydrogen-bond donors (Lipinski definition) is 2. The van der Waals surface area contributed by atoms with Crippen LogP contribution in [0, 0.1) is 13.8 Å². The van der Waals surface area contributed by atoms with Crippen molar-refractivity contribution in [2.45, 2.75) is 20.5 Å². The molecule has 1 saturated heterocycles. The van der Waals surface area contributed by atoms with Gasteiger partial charge in [0.15, 0.2) is 11.5 Å². The quantitative estimate of drug-likeness (QED) is 0.528. The number of urea groups is 1. The zero-order valence-electron chi connectivity index (χ0n) is 16.1. The van der Waals surface area contributed by atoms with Gasteiger partial charge in [-0.15, -0.1) is 0 Å². The first-order valence-electron chi connectivity index (χ1n) is 8.72. The van der Waals surface area contributed by atoms with Crippen molar-refractivity contribution in [1.82, 2.24) is 10.6 Å². The molecule has 0 bridgehead atoms. The van der Waals surface area contributed by atoms with Crippen molar-refractivity contribution in [1.29, 1.82) is 0 Å². The molecule has 1 heterocycles. The average molecular weight is 459 g/mol. The van der Waals surface area contributed by atoms with E-state index in [1.807, 2.05) is 36.6 Å². The molecule has 0 aliphatic carbocycles. The summed E-state index contributed by atoms with van der Waals surface area (Å²) in [7, 11) is 1.50. The first-order valence-corrected chi connectivity index (χ1v) is 9.52. The van der Waals surface area contributed by atoms with Crippen LogP contribution in [-0.4, -0.2) is 25.0 Å². The Labute approximate surface area is 176 Å². The highest BCUT2D eigenvalue weighted by molar-refractivity contribution is 9.10. The van der Waals surface area contributed by atoms with Crippen LogP contribution in [0.25, 0.3) is 6.08 Å². The van der Waals surface area contributed by atoms with Crippen molar-refractivity contribution < 1.29 is 23.9 Å². The predicted octanol–water partition coefficient (Wildman–Crippen LogP) is 3.40. The highest BCUT2D eigenvalue weighted by Crippen LogP contribution is 2.38. The molecule has 150 valence electrons. The van der Waals surface area contributed by atoms with Crippen LogP contribution in [0.15, 0.2) is 40.4 Å². The van der Waals surface area contributed by atoms with Gasteiger partial charge in [0.25, 0.3) is 11.8 Å².